The molecule has 6 nitrogen and oxygen atoms in total. The lowest BCUT2D eigenvalue weighted by Crippen LogP contribution is -2.13. The number of rotatable bonds is 7. The van der Waals surface area contributed by atoms with Gasteiger partial charge in [-0.15, -0.1) is 11.3 Å². The monoisotopic (exact) mass is 292 g/mol. The number of aromatic nitrogens is 3. The molecule has 20 heavy (non-hydrogen) atoms. The molecule has 0 radical (unpaired) electrons. The third-order valence-electron chi connectivity index (χ3n) is 2.76. The van der Waals surface area contributed by atoms with Crippen LogP contribution in [0, 0.1) is 0 Å². The number of nitrogens with zero attached hydrogens (tertiary/aromatic N) is 3. The molecule has 0 aliphatic rings. The standard InChI is InChI=1S/C13H20N6S/c1-3-4-15-10-7-11(19-13(14)18-10)17-8-9(2)12-16-5-6-20-12/h5-7,9H,3-4,8H2,1-2H3,(H4,14,15,17,18,19). The van der Waals surface area contributed by atoms with E-state index in [2.05, 4.69) is 39.4 Å². The Morgan fingerprint density at radius 1 is 1.30 bits per heavy atom. The Morgan fingerprint density at radius 3 is 2.70 bits per heavy atom. The smallest absolute Gasteiger partial charge is 0.223 e. The molecule has 108 valence electrons. The minimum Gasteiger partial charge on any atom is -0.370 e. The Hall–Kier alpha value is -1.89. The summed E-state index contributed by atoms with van der Waals surface area (Å²) in [5.41, 5.74) is 5.72. The lowest BCUT2D eigenvalue weighted by atomic mass is 10.2. The van der Waals surface area contributed by atoms with Crippen LogP contribution in [-0.4, -0.2) is 28.0 Å². The van der Waals surface area contributed by atoms with E-state index in [0.29, 0.717) is 5.92 Å². The molecule has 4 N–H and O–H groups in total. The van der Waals surface area contributed by atoms with E-state index in [-0.39, 0.29) is 5.95 Å². The highest BCUT2D eigenvalue weighted by atomic mass is 32.1. The van der Waals surface area contributed by atoms with Gasteiger partial charge in [-0.2, -0.15) is 9.97 Å². The molecule has 0 saturated carbocycles. The van der Waals surface area contributed by atoms with Crippen LogP contribution in [0.5, 0.6) is 0 Å². The molecule has 0 spiro atoms. The Morgan fingerprint density at radius 2 is 2.05 bits per heavy atom. The van der Waals surface area contributed by atoms with Crippen molar-refractivity contribution in [2.24, 2.45) is 0 Å². The highest BCUT2D eigenvalue weighted by Gasteiger charge is 2.09. The van der Waals surface area contributed by atoms with Crippen LogP contribution in [0.2, 0.25) is 0 Å². The van der Waals surface area contributed by atoms with Gasteiger partial charge in [-0.05, 0) is 6.42 Å². The second kappa shape index (κ2) is 7.04. The van der Waals surface area contributed by atoms with Gasteiger partial charge in [0.15, 0.2) is 0 Å². The van der Waals surface area contributed by atoms with Gasteiger partial charge in [0.1, 0.15) is 11.6 Å². The third-order valence-corrected chi connectivity index (χ3v) is 3.77. The van der Waals surface area contributed by atoms with Crippen molar-refractivity contribution in [3.63, 3.8) is 0 Å². The molecule has 0 fully saturated rings. The number of hydrogen-bond acceptors (Lipinski definition) is 7. The van der Waals surface area contributed by atoms with Gasteiger partial charge in [0.2, 0.25) is 5.95 Å². The highest BCUT2D eigenvalue weighted by molar-refractivity contribution is 7.09. The van der Waals surface area contributed by atoms with Gasteiger partial charge in [-0.1, -0.05) is 13.8 Å². The quantitative estimate of drug-likeness (QED) is 0.727. The first kappa shape index (κ1) is 14.5. The highest BCUT2D eigenvalue weighted by Crippen LogP contribution is 2.19. The van der Waals surface area contributed by atoms with E-state index in [1.807, 2.05) is 17.6 Å². The number of hydrogen-bond donors (Lipinski definition) is 3. The van der Waals surface area contributed by atoms with Gasteiger partial charge in [0, 0.05) is 36.7 Å². The van der Waals surface area contributed by atoms with Crippen LogP contribution in [0.25, 0.3) is 0 Å². The van der Waals surface area contributed by atoms with E-state index in [0.717, 1.165) is 36.2 Å². The summed E-state index contributed by atoms with van der Waals surface area (Å²) in [6, 6.07) is 1.88. The Bertz CT molecular complexity index is 528. The summed E-state index contributed by atoms with van der Waals surface area (Å²) in [6.07, 6.45) is 2.86. The molecule has 1 unspecified atom stereocenters. The summed E-state index contributed by atoms with van der Waals surface area (Å²) < 4.78 is 0. The molecule has 0 saturated heterocycles. The van der Waals surface area contributed by atoms with E-state index in [1.54, 1.807) is 11.3 Å². The first-order chi connectivity index (χ1) is 9.69. The maximum atomic E-state index is 5.72. The first-order valence-electron chi connectivity index (χ1n) is 6.70. The molecular formula is C13H20N6S. The second-order valence-corrected chi connectivity index (χ2v) is 5.50. The summed E-state index contributed by atoms with van der Waals surface area (Å²) in [7, 11) is 0. The number of nitrogens with two attached hydrogens (primary N) is 1. The third kappa shape index (κ3) is 4.06. The first-order valence-corrected chi connectivity index (χ1v) is 7.58. The minimum atomic E-state index is 0.274. The van der Waals surface area contributed by atoms with E-state index in [4.69, 9.17) is 5.73 Å². The van der Waals surface area contributed by atoms with Crippen LogP contribution < -0.4 is 16.4 Å². The molecule has 2 aromatic heterocycles. The van der Waals surface area contributed by atoms with Crippen molar-refractivity contribution in [1.82, 2.24) is 15.0 Å². The lowest BCUT2D eigenvalue weighted by molar-refractivity contribution is 0.791. The van der Waals surface area contributed by atoms with Crippen molar-refractivity contribution in [1.29, 1.82) is 0 Å². The molecule has 1 atom stereocenters. The van der Waals surface area contributed by atoms with Gasteiger partial charge < -0.3 is 16.4 Å². The molecule has 2 aromatic rings. The van der Waals surface area contributed by atoms with Gasteiger partial charge >= 0.3 is 0 Å². The fraction of sp³-hybridized carbons (Fsp3) is 0.462. The summed E-state index contributed by atoms with van der Waals surface area (Å²) in [4.78, 5) is 12.7. The van der Waals surface area contributed by atoms with Crippen molar-refractivity contribution in [3.8, 4) is 0 Å². The predicted octanol–water partition coefficient (Wildman–Crippen LogP) is 2.55. The van der Waals surface area contributed by atoms with E-state index >= 15 is 0 Å². The van der Waals surface area contributed by atoms with Crippen molar-refractivity contribution in [3.05, 3.63) is 22.7 Å². The number of thiazole rings is 1. The average Bonchev–Trinajstić information content (AvgIpc) is 2.96. The van der Waals surface area contributed by atoms with Gasteiger partial charge in [-0.3, -0.25) is 0 Å². The minimum absolute atomic E-state index is 0.274. The molecular weight excluding hydrogens is 272 g/mol. The fourth-order valence-electron chi connectivity index (χ4n) is 1.72. The zero-order valence-electron chi connectivity index (χ0n) is 11.8. The van der Waals surface area contributed by atoms with Crippen LogP contribution >= 0.6 is 11.3 Å². The maximum Gasteiger partial charge on any atom is 0.223 e. The van der Waals surface area contributed by atoms with Crippen LogP contribution in [0.15, 0.2) is 17.6 Å². The Labute approximate surface area is 122 Å². The number of nitrogen functional groups attached to an aromatic ring is 1. The second-order valence-electron chi connectivity index (χ2n) is 4.58. The largest absolute Gasteiger partial charge is 0.370 e. The molecule has 0 aliphatic carbocycles. The molecule has 7 heteroatoms. The SMILES string of the molecule is CCCNc1cc(NCC(C)c2nccs2)nc(N)n1. The van der Waals surface area contributed by atoms with Gasteiger partial charge in [0.25, 0.3) is 0 Å². The predicted molar refractivity (Wildman–Crippen MR) is 84.2 cm³/mol. The van der Waals surface area contributed by atoms with Crippen molar-refractivity contribution < 1.29 is 0 Å². The molecule has 0 bridgehead atoms. The lowest BCUT2D eigenvalue weighted by Gasteiger charge is -2.12. The summed E-state index contributed by atoms with van der Waals surface area (Å²) in [5, 5.41) is 9.60. The van der Waals surface area contributed by atoms with Crippen molar-refractivity contribution in [2.75, 3.05) is 29.5 Å². The van der Waals surface area contributed by atoms with Crippen molar-refractivity contribution in [2.45, 2.75) is 26.2 Å². The maximum absolute atomic E-state index is 5.72. The molecule has 2 rings (SSSR count). The van der Waals surface area contributed by atoms with Crippen LogP contribution in [0.4, 0.5) is 17.6 Å². The Balaban J connectivity index is 1.96. The molecule has 0 aromatic carbocycles. The van der Waals surface area contributed by atoms with Crippen molar-refractivity contribution >= 4 is 28.9 Å². The zero-order chi connectivity index (χ0) is 14.4. The normalized spacial score (nSPS) is 12.1. The van der Waals surface area contributed by atoms with Crippen LogP contribution in [0.3, 0.4) is 0 Å². The Kier molecular flexibility index (Phi) is 5.11. The summed E-state index contributed by atoms with van der Waals surface area (Å²) >= 11 is 1.66. The van der Waals surface area contributed by atoms with Crippen LogP contribution in [0.1, 0.15) is 31.2 Å². The number of nitrogens with one attached hydrogen (secondary N) is 2. The molecule has 0 aliphatic heterocycles. The van der Waals surface area contributed by atoms with Crippen LogP contribution in [-0.2, 0) is 0 Å². The molecule has 0 amide bonds. The average molecular weight is 292 g/mol. The van der Waals surface area contributed by atoms with E-state index in [9.17, 15) is 0 Å². The van der Waals surface area contributed by atoms with E-state index < -0.39 is 0 Å². The molecule has 2 heterocycles. The summed E-state index contributed by atoms with van der Waals surface area (Å²) in [6.45, 7) is 5.86. The topological polar surface area (TPSA) is 88.8 Å². The zero-order valence-corrected chi connectivity index (χ0v) is 12.6. The van der Waals surface area contributed by atoms with E-state index in [1.165, 1.54) is 0 Å². The number of anilines is 3. The summed E-state index contributed by atoms with van der Waals surface area (Å²) in [5.74, 6) is 2.09. The fourth-order valence-corrected chi connectivity index (χ4v) is 2.42. The van der Waals surface area contributed by atoms with Gasteiger partial charge in [-0.25, -0.2) is 4.98 Å². The van der Waals surface area contributed by atoms with Gasteiger partial charge in [0.05, 0.1) is 5.01 Å².